The molecular weight excluding hydrogens is 392 g/mol. The summed E-state index contributed by atoms with van der Waals surface area (Å²) in [6, 6.07) is 0. The van der Waals surface area contributed by atoms with Crippen molar-refractivity contribution < 1.29 is 14.0 Å². The molecule has 0 unspecified atom stereocenters. The van der Waals surface area contributed by atoms with Crippen LogP contribution in [0.4, 0.5) is 0 Å². The Morgan fingerprint density at radius 2 is 1.03 bits per heavy atom. The number of aliphatic hydroxyl groups excluding tert-OH is 1. The zero-order chi connectivity index (χ0) is 23.2. The highest BCUT2D eigenvalue weighted by Crippen LogP contribution is 2.45. The van der Waals surface area contributed by atoms with Crippen LogP contribution in [0.2, 0.25) is 33.2 Å². The summed E-state index contributed by atoms with van der Waals surface area (Å²) >= 11 is 0. The highest BCUT2D eigenvalue weighted by molar-refractivity contribution is 6.78. The Morgan fingerprint density at radius 1 is 0.690 bits per heavy atom. The Hall–Kier alpha value is 0.0538. The molecule has 174 valence electrons. The van der Waals surface area contributed by atoms with Crippen LogP contribution in [0.25, 0.3) is 0 Å². The number of hydrogen-bond donors (Lipinski definition) is 1. The molecule has 0 fully saturated rings. The molecule has 29 heavy (non-hydrogen) atoms. The van der Waals surface area contributed by atoms with E-state index in [1.165, 1.54) is 0 Å². The minimum Gasteiger partial charge on any atom is -0.413 e. The number of hydrogen-bond acceptors (Lipinski definition) is 3. The van der Waals surface area contributed by atoms with Crippen LogP contribution >= 0.6 is 0 Å². The standard InChI is InChI=1S/C24H52O3Si2/c1-17(2)28(18(3)4,19(5)6)26-16-24(14-23(13)15-25)27-29(20(7)8,21(9)10)22(11)12/h14,17-22,24-25H,15-16H2,1-13H3/b23-14+/t24-/m0/s1. The summed E-state index contributed by atoms with van der Waals surface area (Å²) in [6.45, 7) is 30.5. The lowest BCUT2D eigenvalue weighted by Gasteiger charge is -2.46. The average Bonchev–Trinajstić information content (AvgIpc) is 2.57. The molecule has 0 amide bonds. The van der Waals surface area contributed by atoms with Crippen LogP contribution in [0, 0.1) is 0 Å². The summed E-state index contributed by atoms with van der Waals surface area (Å²) in [5.41, 5.74) is 4.18. The van der Waals surface area contributed by atoms with Gasteiger partial charge in [-0.3, -0.25) is 0 Å². The van der Waals surface area contributed by atoms with E-state index in [-0.39, 0.29) is 12.7 Å². The molecule has 0 radical (unpaired) electrons. The van der Waals surface area contributed by atoms with Crippen molar-refractivity contribution in [3.05, 3.63) is 11.6 Å². The molecular formula is C24H52O3Si2. The highest BCUT2D eigenvalue weighted by atomic mass is 28.4. The van der Waals surface area contributed by atoms with Crippen molar-refractivity contribution in [1.29, 1.82) is 0 Å². The van der Waals surface area contributed by atoms with Crippen molar-refractivity contribution in [3.8, 4) is 0 Å². The van der Waals surface area contributed by atoms with Gasteiger partial charge < -0.3 is 14.0 Å². The Morgan fingerprint density at radius 3 is 1.31 bits per heavy atom. The van der Waals surface area contributed by atoms with Gasteiger partial charge in [0.25, 0.3) is 0 Å². The van der Waals surface area contributed by atoms with Crippen LogP contribution in [0.15, 0.2) is 11.6 Å². The molecule has 3 nitrogen and oxygen atoms in total. The van der Waals surface area contributed by atoms with E-state index >= 15 is 0 Å². The Balaban J connectivity index is 6.04. The largest absolute Gasteiger partial charge is 0.413 e. The maximum Gasteiger partial charge on any atom is 0.201 e. The lowest BCUT2D eigenvalue weighted by Crippen LogP contribution is -2.53. The molecule has 0 aliphatic heterocycles. The van der Waals surface area contributed by atoms with Crippen LogP contribution in [0.1, 0.15) is 90.0 Å². The minimum atomic E-state index is -2.04. The van der Waals surface area contributed by atoms with Gasteiger partial charge in [0.2, 0.25) is 8.32 Å². The fraction of sp³-hybridized carbons (Fsp3) is 0.917. The molecule has 0 spiro atoms. The predicted molar refractivity (Wildman–Crippen MR) is 134 cm³/mol. The number of rotatable bonds is 13. The van der Waals surface area contributed by atoms with Gasteiger partial charge in [-0.05, 0) is 45.7 Å². The van der Waals surface area contributed by atoms with E-state index in [9.17, 15) is 5.11 Å². The van der Waals surface area contributed by atoms with E-state index < -0.39 is 16.6 Å². The molecule has 0 aliphatic carbocycles. The topological polar surface area (TPSA) is 38.7 Å². The first-order valence-corrected chi connectivity index (χ1v) is 16.1. The summed E-state index contributed by atoms with van der Waals surface area (Å²) < 4.78 is 14.0. The fourth-order valence-corrected chi connectivity index (χ4v) is 16.8. The SMILES string of the molecule is C/C(=C\[C@@H](CO[Si](C(C)C)(C(C)C)C(C)C)O[Si](C(C)C)(C(C)C)C(C)C)CO. The van der Waals surface area contributed by atoms with Gasteiger partial charge in [0.1, 0.15) is 0 Å². The first-order valence-electron chi connectivity index (χ1n) is 11.8. The van der Waals surface area contributed by atoms with Crippen LogP contribution in [0.5, 0.6) is 0 Å². The van der Waals surface area contributed by atoms with Crippen LogP contribution in [-0.2, 0) is 8.85 Å². The molecule has 0 bridgehead atoms. The van der Waals surface area contributed by atoms with Crippen molar-refractivity contribution >= 4 is 16.6 Å². The van der Waals surface area contributed by atoms with Crippen LogP contribution < -0.4 is 0 Å². The van der Waals surface area contributed by atoms with E-state index in [4.69, 9.17) is 8.85 Å². The monoisotopic (exact) mass is 444 g/mol. The second kappa shape index (κ2) is 12.2. The van der Waals surface area contributed by atoms with Gasteiger partial charge in [-0.1, -0.05) is 89.2 Å². The third-order valence-corrected chi connectivity index (χ3v) is 19.2. The molecule has 0 aromatic carbocycles. The van der Waals surface area contributed by atoms with Crippen molar-refractivity contribution in [2.24, 2.45) is 0 Å². The molecule has 0 heterocycles. The van der Waals surface area contributed by atoms with Gasteiger partial charge in [-0.15, -0.1) is 0 Å². The van der Waals surface area contributed by atoms with E-state index in [1.54, 1.807) is 0 Å². The normalized spacial score (nSPS) is 15.7. The summed E-state index contributed by atoms with van der Waals surface area (Å²) in [4.78, 5) is 0. The molecule has 5 heteroatoms. The molecule has 0 aliphatic rings. The zero-order valence-corrected chi connectivity index (χ0v) is 23.8. The molecule has 0 rings (SSSR count). The van der Waals surface area contributed by atoms with Crippen molar-refractivity contribution in [1.82, 2.24) is 0 Å². The van der Waals surface area contributed by atoms with Gasteiger partial charge in [-0.2, -0.15) is 0 Å². The third kappa shape index (κ3) is 6.77. The summed E-state index contributed by atoms with van der Waals surface area (Å²) in [5, 5.41) is 9.66. The van der Waals surface area contributed by atoms with E-state index in [0.717, 1.165) is 5.57 Å². The quantitative estimate of drug-likeness (QED) is 0.234. The smallest absolute Gasteiger partial charge is 0.201 e. The van der Waals surface area contributed by atoms with Crippen molar-refractivity contribution in [2.75, 3.05) is 13.2 Å². The van der Waals surface area contributed by atoms with Crippen LogP contribution in [-0.4, -0.2) is 41.1 Å². The van der Waals surface area contributed by atoms with Gasteiger partial charge in [0.15, 0.2) is 8.32 Å². The maximum atomic E-state index is 9.66. The van der Waals surface area contributed by atoms with Crippen molar-refractivity contribution in [3.63, 3.8) is 0 Å². The predicted octanol–water partition coefficient (Wildman–Crippen LogP) is 7.68. The second-order valence-electron chi connectivity index (χ2n) is 10.8. The third-order valence-electron chi connectivity index (χ3n) is 6.99. The molecule has 0 aromatic heterocycles. The fourth-order valence-electron chi connectivity index (χ4n) is 5.88. The Kier molecular flexibility index (Phi) is 12.2. The molecule has 0 saturated heterocycles. The van der Waals surface area contributed by atoms with Gasteiger partial charge >= 0.3 is 0 Å². The van der Waals surface area contributed by atoms with Gasteiger partial charge in [-0.25, -0.2) is 0 Å². The molecule has 0 saturated carbocycles. The zero-order valence-electron chi connectivity index (χ0n) is 21.8. The Labute approximate surface area is 184 Å². The summed E-state index contributed by atoms with van der Waals surface area (Å²) in [6.07, 6.45) is 2.03. The summed E-state index contributed by atoms with van der Waals surface area (Å²) in [5.74, 6) is 0. The van der Waals surface area contributed by atoms with E-state index in [1.807, 2.05) is 6.92 Å². The van der Waals surface area contributed by atoms with Crippen LogP contribution in [0.3, 0.4) is 0 Å². The lowest BCUT2D eigenvalue weighted by molar-refractivity contribution is 0.132. The molecule has 1 atom stereocenters. The number of aliphatic hydroxyl groups is 1. The van der Waals surface area contributed by atoms with Gasteiger partial charge in [0, 0.05) is 0 Å². The second-order valence-corrected chi connectivity index (χ2v) is 21.6. The van der Waals surface area contributed by atoms with Crippen molar-refractivity contribution in [2.45, 2.75) is 129 Å². The highest BCUT2D eigenvalue weighted by Gasteiger charge is 2.48. The first kappa shape index (κ1) is 29.1. The minimum absolute atomic E-state index is 0.0700. The average molecular weight is 445 g/mol. The first-order chi connectivity index (χ1) is 13.2. The molecule has 0 aromatic rings. The summed E-state index contributed by atoms with van der Waals surface area (Å²) in [7, 11) is -4.00. The van der Waals surface area contributed by atoms with Gasteiger partial charge in [0.05, 0.1) is 19.3 Å². The maximum absolute atomic E-state index is 9.66. The van der Waals surface area contributed by atoms with E-state index in [2.05, 4.69) is 89.2 Å². The van der Waals surface area contributed by atoms with E-state index in [0.29, 0.717) is 39.9 Å². The Bertz CT molecular complexity index is 453. The molecule has 1 N–H and O–H groups in total. The lowest BCUT2D eigenvalue weighted by atomic mass is 10.2.